The van der Waals surface area contributed by atoms with E-state index in [9.17, 15) is 4.79 Å². The van der Waals surface area contributed by atoms with Gasteiger partial charge in [-0.2, -0.15) is 0 Å². The second kappa shape index (κ2) is 6.62. The van der Waals surface area contributed by atoms with E-state index in [4.69, 9.17) is 27.9 Å². The minimum Gasteiger partial charge on any atom is -0.482 e. The number of nitrogens with zero attached hydrogens (tertiary/aromatic N) is 1. The summed E-state index contributed by atoms with van der Waals surface area (Å²) >= 11 is 12.0. The molecule has 0 fully saturated rings. The van der Waals surface area contributed by atoms with Gasteiger partial charge in [0.25, 0.3) is 5.91 Å². The Morgan fingerprint density at radius 3 is 2.92 bits per heavy atom. The molecule has 4 nitrogen and oxygen atoms in total. The number of aromatic nitrogens is 1. The molecule has 1 aliphatic rings. The van der Waals surface area contributed by atoms with E-state index < -0.39 is 0 Å². The fraction of sp³-hybridized carbons (Fsp3) is 0.211. The van der Waals surface area contributed by atoms with Crippen LogP contribution in [-0.2, 0) is 17.8 Å². The molecule has 1 aromatic heterocycles. The molecule has 0 spiro atoms. The van der Waals surface area contributed by atoms with Crippen LogP contribution in [0.1, 0.15) is 11.3 Å². The first-order valence-electron chi connectivity index (χ1n) is 8.06. The lowest BCUT2D eigenvalue weighted by molar-refractivity contribution is -0.134. The topological polar surface area (TPSA) is 45.3 Å². The van der Waals surface area contributed by atoms with Gasteiger partial charge in [-0.25, -0.2) is 0 Å². The number of ether oxygens (including phenoxy) is 1. The number of halogens is 2. The molecule has 6 heteroatoms. The van der Waals surface area contributed by atoms with Crippen LogP contribution in [0.5, 0.6) is 5.75 Å². The molecule has 0 atom stereocenters. The second-order valence-corrected chi connectivity index (χ2v) is 6.90. The molecule has 2 aromatic carbocycles. The SMILES string of the molecule is O=C(COc1cc(Cl)ccc1Cl)N1CCc2[nH]c3ccccc3c2C1. The van der Waals surface area contributed by atoms with Crippen LogP contribution in [0.4, 0.5) is 0 Å². The number of amides is 1. The van der Waals surface area contributed by atoms with Crippen LogP contribution in [0.2, 0.25) is 10.0 Å². The summed E-state index contributed by atoms with van der Waals surface area (Å²) in [5.74, 6) is 0.360. The Balaban J connectivity index is 1.48. The molecule has 0 saturated heterocycles. The number of H-pyrrole nitrogens is 1. The third-order valence-electron chi connectivity index (χ3n) is 4.48. The zero-order valence-electron chi connectivity index (χ0n) is 13.4. The van der Waals surface area contributed by atoms with E-state index in [1.807, 2.05) is 17.0 Å². The summed E-state index contributed by atoms with van der Waals surface area (Å²) < 4.78 is 5.57. The predicted molar refractivity (Wildman–Crippen MR) is 99.4 cm³/mol. The number of aromatic amines is 1. The van der Waals surface area contributed by atoms with Gasteiger partial charge in [-0.15, -0.1) is 0 Å². The lowest BCUT2D eigenvalue weighted by Gasteiger charge is -2.27. The number of hydrogen-bond donors (Lipinski definition) is 1. The van der Waals surface area contributed by atoms with Gasteiger partial charge in [-0.05, 0) is 18.2 Å². The Kier molecular flexibility index (Phi) is 4.32. The quantitative estimate of drug-likeness (QED) is 0.736. The maximum absolute atomic E-state index is 12.6. The van der Waals surface area contributed by atoms with Crippen molar-refractivity contribution in [1.29, 1.82) is 0 Å². The summed E-state index contributed by atoms with van der Waals surface area (Å²) in [6, 6.07) is 13.1. The van der Waals surface area contributed by atoms with Gasteiger partial charge in [0.1, 0.15) is 5.75 Å². The van der Waals surface area contributed by atoms with E-state index in [0.717, 1.165) is 11.9 Å². The first kappa shape index (κ1) is 16.3. The van der Waals surface area contributed by atoms with E-state index in [0.29, 0.717) is 28.9 Å². The van der Waals surface area contributed by atoms with Gasteiger partial charge in [0.15, 0.2) is 6.61 Å². The molecule has 2 heterocycles. The summed E-state index contributed by atoms with van der Waals surface area (Å²) in [7, 11) is 0. The van der Waals surface area contributed by atoms with E-state index in [-0.39, 0.29) is 12.5 Å². The molecule has 1 N–H and O–H groups in total. The number of para-hydroxylation sites is 1. The highest BCUT2D eigenvalue weighted by Gasteiger charge is 2.24. The molecule has 1 aliphatic heterocycles. The summed E-state index contributed by atoms with van der Waals surface area (Å²) in [5.41, 5.74) is 3.52. The lowest BCUT2D eigenvalue weighted by Crippen LogP contribution is -2.38. The third kappa shape index (κ3) is 3.20. The molecular formula is C19H16Cl2N2O2. The second-order valence-electron chi connectivity index (χ2n) is 6.06. The molecule has 0 unspecified atom stereocenters. The average Bonchev–Trinajstić information content (AvgIpc) is 3.00. The molecule has 25 heavy (non-hydrogen) atoms. The molecule has 4 rings (SSSR count). The molecule has 1 amide bonds. The van der Waals surface area contributed by atoms with Crippen LogP contribution in [0.15, 0.2) is 42.5 Å². The number of benzene rings is 2. The van der Waals surface area contributed by atoms with Crippen LogP contribution in [0.25, 0.3) is 10.9 Å². The van der Waals surface area contributed by atoms with Crippen LogP contribution >= 0.6 is 23.2 Å². The zero-order valence-corrected chi connectivity index (χ0v) is 14.9. The summed E-state index contributed by atoms with van der Waals surface area (Å²) in [5, 5.41) is 2.14. The summed E-state index contributed by atoms with van der Waals surface area (Å²) in [4.78, 5) is 17.8. The minimum absolute atomic E-state index is 0.0578. The lowest BCUT2D eigenvalue weighted by atomic mass is 10.0. The number of fused-ring (bicyclic) bond motifs is 3. The van der Waals surface area contributed by atoms with Crippen LogP contribution in [0.3, 0.4) is 0 Å². The Morgan fingerprint density at radius 1 is 1.20 bits per heavy atom. The standard InChI is InChI=1S/C19H16Cl2N2O2/c20-12-5-6-15(21)18(9-12)25-11-19(24)23-8-7-17-14(10-23)13-3-1-2-4-16(13)22-17/h1-6,9,22H,7-8,10-11H2. The van der Waals surface area contributed by atoms with E-state index in [2.05, 4.69) is 17.1 Å². The maximum atomic E-state index is 12.6. The zero-order chi connectivity index (χ0) is 17.4. The summed E-state index contributed by atoms with van der Waals surface area (Å²) in [6.07, 6.45) is 0.813. The number of carbonyl (C=O) groups excluding carboxylic acids is 1. The normalized spacial score (nSPS) is 13.8. The highest BCUT2D eigenvalue weighted by molar-refractivity contribution is 6.34. The number of carbonyl (C=O) groups is 1. The number of rotatable bonds is 3. The molecule has 3 aromatic rings. The first-order valence-corrected chi connectivity index (χ1v) is 8.81. The Hall–Kier alpha value is -2.17. The van der Waals surface area contributed by atoms with Crippen molar-refractivity contribution in [3.05, 3.63) is 63.8 Å². The monoisotopic (exact) mass is 374 g/mol. The van der Waals surface area contributed by atoms with Gasteiger partial charge >= 0.3 is 0 Å². The van der Waals surface area contributed by atoms with Gasteiger partial charge < -0.3 is 14.6 Å². The molecule has 0 radical (unpaired) electrons. The van der Waals surface area contributed by atoms with Gasteiger partial charge in [-0.3, -0.25) is 4.79 Å². The highest BCUT2D eigenvalue weighted by Crippen LogP contribution is 2.29. The van der Waals surface area contributed by atoms with Gasteiger partial charge in [-0.1, -0.05) is 41.4 Å². The largest absolute Gasteiger partial charge is 0.482 e. The Morgan fingerprint density at radius 2 is 2.04 bits per heavy atom. The van der Waals surface area contributed by atoms with E-state index in [1.54, 1.807) is 18.2 Å². The third-order valence-corrected chi connectivity index (χ3v) is 5.03. The van der Waals surface area contributed by atoms with Gasteiger partial charge in [0.2, 0.25) is 0 Å². The van der Waals surface area contributed by atoms with Gasteiger partial charge in [0.05, 0.1) is 5.02 Å². The number of hydrogen-bond acceptors (Lipinski definition) is 2. The van der Waals surface area contributed by atoms with Crippen molar-refractivity contribution in [3.8, 4) is 5.75 Å². The predicted octanol–water partition coefficient (Wildman–Crippen LogP) is 4.44. The molecule has 0 aliphatic carbocycles. The van der Waals surface area contributed by atoms with E-state index in [1.165, 1.54) is 16.6 Å². The molecule has 0 bridgehead atoms. The molecule has 0 saturated carbocycles. The van der Waals surface area contributed by atoms with Crippen LogP contribution < -0.4 is 4.74 Å². The van der Waals surface area contributed by atoms with E-state index >= 15 is 0 Å². The average molecular weight is 375 g/mol. The van der Waals surface area contributed by atoms with Crippen molar-refractivity contribution in [3.63, 3.8) is 0 Å². The minimum atomic E-state index is -0.0630. The van der Waals surface area contributed by atoms with Crippen LogP contribution in [-0.4, -0.2) is 28.9 Å². The van der Waals surface area contributed by atoms with Crippen molar-refractivity contribution in [2.75, 3.05) is 13.2 Å². The Bertz CT molecular complexity index is 952. The fourth-order valence-electron chi connectivity index (χ4n) is 3.20. The molecule has 128 valence electrons. The highest BCUT2D eigenvalue weighted by atomic mass is 35.5. The van der Waals surface area contributed by atoms with Crippen LogP contribution in [0, 0.1) is 0 Å². The molecular weight excluding hydrogens is 359 g/mol. The fourth-order valence-corrected chi connectivity index (χ4v) is 3.53. The van der Waals surface area contributed by atoms with Gasteiger partial charge in [0, 0.05) is 52.8 Å². The Labute approximate surface area is 155 Å². The first-order chi connectivity index (χ1) is 12.1. The summed E-state index contributed by atoms with van der Waals surface area (Å²) in [6.45, 7) is 1.20. The van der Waals surface area contributed by atoms with Crippen molar-refractivity contribution >= 4 is 40.0 Å². The van der Waals surface area contributed by atoms with Crippen molar-refractivity contribution < 1.29 is 9.53 Å². The smallest absolute Gasteiger partial charge is 0.260 e. The van der Waals surface area contributed by atoms with Crippen molar-refractivity contribution in [1.82, 2.24) is 9.88 Å². The maximum Gasteiger partial charge on any atom is 0.260 e. The number of nitrogens with one attached hydrogen (secondary N) is 1. The van der Waals surface area contributed by atoms with Crippen molar-refractivity contribution in [2.24, 2.45) is 0 Å². The van der Waals surface area contributed by atoms with Crippen molar-refractivity contribution in [2.45, 2.75) is 13.0 Å².